The second kappa shape index (κ2) is 6.24. The smallest absolute Gasteiger partial charge is 0.236 e. The van der Waals surface area contributed by atoms with Crippen LogP contribution in [0.2, 0.25) is 0 Å². The summed E-state index contributed by atoms with van der Waals surface area (Å²) in [6.45, 7) is 6.76. The van der Waals surface area contributed by atoms with E-state index in [-0.39, 0.29) is 11.9 Å². The van der Waals surface area contributed by atoms with Crippen molar-refractivity contribution in [2.75, 3.05) is 13.6 Å². The lowest BCUT2D eigenvalue weighted by atomic mass is 10.1. The molecule has 0 spiro atoms. The second-order valence-corrected chi connectivity index (χ2v) is 5.26. The maximum Gasteiger partial charge on any atom is 0.236 e. The van der Waals surface area contributed by atoms with E-state index < -0.39 is 0 Å². The Morgan fingerprint density at radius 3 is 2.50 bits per heavy atom. The molecule has 1 atom stereocenters. The maximum atomic E-state index is 11.8. The van der Waals surface area contributed by atoms with Gasteiger partial charge < -0.3 is 10.2 Å². The lowest BCUT2D eigenvalue weighted by Gasteiger charge is -2.23. The third kappa shape index (κ3) is 4.52. The first-order valence-electron chi connectivity index (χ1n) is 6.53. The van der Waals surface area contributed by atoms with Crippen LogP contribution in [0.25, 0.3) is 0 Å². The van der Waals surface area contributed by atoms with Crippen molar-refractivity contribution < 1.29 is 4.79 Å². The molecular formula is C13H26N2O. The van der Waals surface area contributed by atoms with Gasteiger partial charge in [0.2, 0.25) is 5.91 Å². The first-order chi connectivity index (χ1) is 7.54. The van der Waals surface area contributed by atoms with Crippen LogP contribution in [-0.4, -0.2) is 36.5 Å². The van der Waals surface area contributed by atoms with E-state index in [1.165, 1.54) is 19.3 Å². The van der Waals surface area contributed by atoms with Gasteiger partial charge in [-0.05, 0) is 32.6 Å². The molecule has 94 valence electrons. The van der Waals surface area contributed by atoms with Gasteiger partial charge in [0.1, 0.15) is 0 Å². The normalized spacial score (nSPS) is 17.6. The lowest BCUT2D eigenvalue weighted by molar-refractivity contribution is -0.130. The molecule has 0 bridgehead atoms. The van der Waals surface area contributed by atoms with Gasteiger partial charge in [-0.2, -0.15) is 0 Å². The van der Waals surface area contributed by atoms with E-state index in [0.29, 0.717) is 12.6 Å². The highest BCUT2D eigenvalue weighted by Gasteiger charge is 2.25. The zero-order valence-corrected chi connectivity index (χ0v) is 11.1. The van der Waals surface area contributed by atoms with Crippen molar-refractivity contribution >= 4 is 5.91 Å². The average molecular weight is 226 g/mol. The molecule has 1 unspecified atom stereocenters. The Morgan fingerprint density at radius 1 is 1.44 bits per heavy atom. The summed E-state index contributed by atoms with van der Waals surface area (Å²) in [6, 6.07) is 0.815. The van der Waals surface area contributed by atoms with Gasteiger partial charge in [-0.3, -0.25) is 4.79 Å². The molecule has 0 aliphatic heterocycles. The quantitative estimate of drug-likeness (QED) is 0.720. The van der Waals surface area contributed by atoms with Gasteiger partial charge in [0.05, 0.1) is 6.54 Å². The van der Waals surface area contributed by atoms with Crippen LogP contribution in [0.15, 0.2) is 0 Å². The van der Waals surface area contributed by atoms with Crippen molar-refractivity contribution in [3.05, 3.63) is 0 Å². The van der Waals surface area contributed by atoms with Crippen molar-refractivity contribution in [2.45, 2.75) is 58.5 Å². The molecule has 0 aromatic heterocycles. The number of carbonyl (C=O) groups excluding carboxylic acids is 1. The second-order valence-electron chi connectivity index (χ2n) is 5.26. The van der Waals surface area contributed by atoms with Crippen LogP contribution < -0.4 is 5.32 Å². The minimum atomic E-state index is 0.198. The van der Waals surface area contributed by atoms with E-state index in [2.05, 4.69) is 12.2 Å². The average Bonchev–Trinajstić information content (AvgIpc) is 3.06. The van der Waals surface area contributed by atoms with Crippen LogP contribution in [-0.2, 0) is 4.79 Å². The van der Waals surface area contributed by atoms with Crippen molar-refractivity contribution in [1.82, 2.24) is 10.2 Å². The number of carbonyl (C=O) groups is 1. The largest absolute Gasteiger partial charge is 0.342 e. The third-order valence-electron chi connectivity index (χ3n) is 3.52. The van der Waals surface area contributed by atoms with Gasteiger partial charge in [0.15, 0.2) is 0 Å². The molecule has 0 saturated heterocycles. The fraction of sp³-hybridized carbons (Fsp3) is 0.923. The fourth-order valence-electron chi connectivity index (χ4n) is 1.79. The summed E-state index contributed by atoms with van der Waals surface area (Å²) in [4.78, 5) is 13.6. The Kier molecular flexibility index (Phi) is 5.26. The van der Waals surface area contributed by atoms with Crippen molar-refractivity contribution in [3.63, 3.8) is 0 Å². The highest BCUT2D eigenvalue weighted by molar-refractivity contribution is 5.78. The van der Waals surface area contributed by atoms with Crippen LogP contribution in [0.5, 0.6) is 0 Å². The van der Waals surface area contributed by atoms with Crippen molar-refractivity contribution in [3.8, 4) is 0 Å². The molecule has 1 aliphatic carbocycles. The Labute approximate surface area is 99.6 Å². The van der Waals surface area contributed by atoms with Crippen LogP contribution in [0, 0.1) is 5.92 Å². The van der Waals surface area contributed by atoms with Crippen molar-refractivity contribution in [2.24, 2.45) is 5.92 Å². The predicted octanol–water partition coefficient (Wildman–Crippen LogP) is 2.02. The monoisotopic (exact) mass is 226 g/mol. The third-order valence-corrected chi connectivity index (χ3v) is 3.52. The molecule has 3 nitrogen and oxygen atoms in total. The Morgan fingerprint density at radius 2 is 2.06 bits per heavy atom. The van der Waals surface area contributed by atoms with E-state index in [4.69, 9.17) is 0 Å². The molecule has 1 amide bonds. The summed E-state index contributed by atoms with van der Waals surface area (Å²) in [7, 11) is 1.87. The molecule has 1 saturated carbocycles. The molecule has 0 radical (unpaired) electrons. The Hall–Kier alpha value is -0.570. The Balaban J connectivity index is 2.22. The first kappa shape index (κ1) is 13.5. The molecule has 16 heavy (non-hydrogen) atoms. The number of likely N-dealkylation sites (N-methyl/N-ethyl adjacent to an activating group) is 1. The van der Waals surface area contributed by atoms with E-state index >= 15 is 0 Å². The molecule has 1 fully saturated rings. The predicted molar refractivity (Wildman–Crippen MR) is 67.3 cm³/mol. The summed E-state index contributed by atoms with van der Waals surface area (Å²) in [5.74, 6) is 1.12. The standard InChI is InChI=1S/C13H26N2O/c1-5-12(8-11-6-7-11)14-9-13(16)15(4)10(2)3/h10-12,14H,5-9H2,1-4H3. The van der Waals surface area contributed by atoms with E-state index in [9.17, 15) is 4.79 Å². The zero-order valence-electron chi connectivity index (χ0n) is 11.1. The molecule has 0 aromatic carbocycles. The molecule has 3 heteroatoms. The number of hydrogen-bond donors (Lipinski definition) is 1. The van der Waals surface area contributed by atoms with E-state index in [1.54, 1.807) is 4.90 Å². The zero-order chi connectivity index (χ0) is 12.1. The maximum absolute atomic E-state index is 11.8. The SMILES string of the molecule is CCC(CC1CC1)NCC(=O)N(C)C(C)C. The van der Waals surface area contributed by atoms with Gasteiger partial charge in [0, 0.05) is 19.1 Å². The van der Waals surface area contributed by atoms with E-state index in [0.717, 1.165) is 12.3 Å². The van der Waals surface area contributed by atoms with Crippen LogP contribution in [0.1, 0.15) is 46.5 Å². The summed E-state index contributed by atoms with van der Waals surface area (Å²) < 4.78 is 0. The molecule has 1 aliphatic rings. The molecule has 1 rings (SSSR count). The first-order valence-corrected chi connectivity index (χ1v) is 6.53. The van der Waals surface area contributed by atoms with E-state index in [1.807, 2.05) is 20.9 Å². The lowest BCUT2D eigenvalue weighted by Crippen LogP contribution is -2.42. The number of nitrogens with zero attached hydrogens (tertiary/aromatic N) is 1. The number of nitrogens with one attached hydrogen (secondary N) is 1. The van der Waals surface area contributed by atoms with Gasteiger partial charge >= 0.3 is 0 Å². The van der Waals surface area contributed by atoms with Gasteiger partial charge in [-0.15, -0.1) is 0 Å². The topological polar surface area (TPSA) is 32.3 Å². The number of hydrogen-bond acceptors (Lipinski definition) is 2. The Bertz CT molecular complexity index is 224. The van der Waals surface area contributed by atoms with Gasteiger partial charge in [0.25, 0.3) is 0 Å². The molecule has 0 aromatic rings. The number of amides is 1. The summed E-state index contributed by atoms with van der Waals surface area (Å²) >= 11 is 0. The minimum Gasteiger partial charge on any atom is -0.342 e. The minimum absolute atomic E-state index is 0.198. The summed E-state index contributed by atoms with van der Waals surface area (Å²) in [5, 5.41) is 3.39. The van der Waals surface area contributed by atoms with Gasteiger partial charge in [-0.25, -0.2) is 0 Å². The summed E-state index contributed by atoms with van der Waals surface area (Å²) in [6.07, 6.45) is 5.14. The summed E-state index contributed by atoms with van der Waals surface area (Å²) in [5.41, 5.74) is 0. The van der Waals surface area contributed by atoms with Gasteiger partial charge in [-0.1, -0.05) is 19.8 Å². The molecular weight excluding hydrogens is 200 g/mol. The fourth-order valence-corrected chi connectivity index (χ4v) is 1.79. The molecule has 1 N–H and O–H groups in total. The van der Waals surface area contributed by atoms with Crippen LogP contribution >= 0.6 is 0 Å². The van der Waals surface area contributed by atoms with Crippen LogP contribution in [0.3, 0.4) is 0 Å². The van der Waals surface area contributed by atoms with Crippen LogP contribution in [0.4, 0.5) is 0 Å². The highest BCUT2D eigenvalue weighted by atomic mass is 16.2. The molecule has 0 heterocycles. The van der Waals surface area contributed by atoms with Crippen molar-refractivity contribution in [1.29, 1.82) is 0 Å². The number of rotatable bonds is 7. The highest BCUT2D eigenvalue weighted by Crippen LogP contribution is 2.33.